The molecule has 2 aromatic heterocycles. The Kier molecular flexibility index (Phi) is 5.80. The maximum absolute atomic E-state index is 13.2. The van der Waals surface area contributed by atoms with Crippen molar-refractivity contribution in [3.63, 3.8) is 0 Å². The van der Waals surface area contributed by atoms with Crippen molar-refractivity contribution < 1.29 is 17.9 Å². The van der Waals surface area contributed by atoms with Gasteiger partial charge in [-0.05, 0) is 55.7 Å². The lowest BCUT2D eigenvalue weighted by Gasteiger charge is -2.14. The topological polar surface area (TPSA) is 90.3 Å². The number of hydrogen-bond donors (Lipinski definition) is 1. The fourth-order valence-corrected chi connectivity index (χ4v) is 7.27. The Balaban J connectivity index is 1.44. The van der Waals surface area contributed by atoms with Crippen molar-refractivity contribution in [2.75, 3.05) is 0 Å². The summed E-state index contributed by atoms with van der Waals surface area (Å²) in [6.07, 6.45) is 7.13. The van der Waals surface area contributed by atoms with Crippen LogP contribution in [-0.4, -0.2) is 29.7 Å². The minimum Gasteiger partial charge on any atom is -0.443 e. The van der Waals surface area contributed by atoms with Crippen LogP contribution >= 0.6 is 11.3 Å². The molecule has 1 aliphatic carbocycles. The lowest BCUT2D eigenvalue weighted by atomic mass is 10.0. The van der Waals surface area contributed by atoms with Gasteiger partial charge in [-0.1, -0.05) is 38.1 Å². The SMILES string of the molecule is CC(C)Cc1cc(-c2ccc([C@H]3CCc4nccn43)cc2)c(S(=O)(=O)NC(=O)OC2(C)CC2)s1. The molecule has 1 amide bonds. The number of benzene rings is 1. The third-order valence-electron chi connectivity index (χ3n) is 6.45. The maximum atomic E-state index is 13.2. The van der Waals surface area contributed by atoms with Crippen LogP contribution in [0.1, 0.15) is 62.3 Å². The van der Waals surface area contributed by atoms with Crippen LogP contribution < -0.4 is 4.72 Å². The van der Waals surface area contributed by atoms with Gasteiger partial charge in [0.25, 0.3) is 10.0 Å². The second-order valence-corrected chi connectivity index (χ2v) is 12.9. The smallest absolute Gasteiger partial charge is 0.421 e. The minimum absolute atomic E-state index is 0.145. The van der Waals surface area contributed by atoms with Gasteiger partial charge in [-0.2, -0.15) is 0 Å². The van der Waals surface area contributed by atoms with E-state index >= 15 is 0 Å². The largest absolute Gasteiger partial charge is 0.443 e. The predicted octanol–water partition coefficient (Wildman–Crippen LogP) is 5.31. The number of ether oxygens (including phenoxy) is 1. The minimum atomic E-state index is -4.07. The lowest BCUT2D eigenvalue weighted by molar-refractivity contribution is 0.0987. The second kappa shape index (κ2) is 8.53. The average molecular weight is 500 g/mol. The monoisotopic (exact) mass is 499 g/mol. The Morgan fingerprint density at radius 2 is 2.03 bits per heavy atom. The number of aryl methyl sites for hydroxylation is 1. The van der Waals surface area contributed by atoms with Gasteiger partial charge in [-0.15, -0.1) is 11.3 Å². The number of carbonyl (C=O) groups is 1. The van der Waals surface area contributed by atoms with Crippen molar-refractivity contribution in [1.82, 2.24) is 14.3 Å². The van der Waals surface area contributed by atoms with E-state index in [4.69, 9.17) is 4.74 Å². The standard InChI is InChI=1S/C25H29N3O4S2/c1-16(2)14-19-15-20(23(33-19)34(30,31)27-24(29)32-25(3)10-11-25)17-4-6-18(7-5-17)21-8-9-22-26-12-13-28(21)22/h4-7,12-13,15-16,21H,8-11,14H2,1-3H3,(H,27,29)/t21-/m1/s1. The van der Waals surface area contributed by atoms with E-state index in [-0.39, 0.29) is 10.3 Å². The number of amides is 1. The fourth-order valence-electron chi connectivity index (χ4n) is 4.44. The molecule has 2 aliphatic rings. The summed E-state index contributed by atoms with van der Waals surface area (Å²) >= 11 is 1.22. The molecule has 5 rings (SSSR count). The number of nitrogens with zero attached hydrogens (tertiary/aromatic N) is 2. The van der Waals surface area contributed by atoms with Crippen LogP contribution in [0.5, 0.6) is 0 Å². The number of carbonyl (C=O) groups excluding carboxylic acids is 1. The molecule has 3 heterocycles. The number of nitrogens with one attached hydrogen (secondary N) is 1. The third kappa shape index (κ3) is 4.63. The van der Waals surface area contributed by atoms with Gasteiger partial charge in [0.1, 0.15) is 15.6 Å². The van der Waals surface area contributed by atoms with Gasteiger partial charge in [0.15, 0.2) is 0 Å². The Morgan fingerprint density at radius 3 is 2.71 bits per heavy atom. The van der Waals surface area contributed by atoms with Gasteiger partial charge in [0, 0.05) is 29.3 Å². The zero-order valence-electron chi connectivity index (χ0n) is 19.6. The number of rotatable bonds is 7. The predicted molar refractivity (Wildman–Crippen MR) is 131 cm³/mol. The van der Waals surface area contributed by atoms with Crippen LogP contribution in [0.3, 0.4) is 0 Å². The zero-order chi connectivity index (χ0) is 24.1. The van der Waals surface area contributed by atoms with E-state index in [0.29, 0.717) is 11.5 Å². The molecule has 1 aliphatic heterocycles. The highest BCUT2D eigenvalue weighted by Gasteiger charge is 2.42. The van der Waals surface area contributed by atoms with Crippen molar-refractivity contribution in [3.8, 4) is 11.1 Å². The number of hydrogen-bond acceptors (Lipinski definition) is 6. The van der Waals surface area contributed by atoms with E-state index in [1.165, 1.54) is 16.9 Å². The van der Waals surface area contributed by atoms with E-state index in [9.17, 15) is 13.2 Å². The maximum Gasteiger partial charge on any atom is 0.421 e. The van der Waals surface area contributed by atoms with Crippen LogP contribution in [0.4, 0.5) is 4.79 Å². The summed E-state index contributed by atoms with van der Waals surface area (Å²) in [5, 5.41) is 0. The number of imidazole rings is 1. The Bertz CT molecular complexity index is 1320. The highest BCUT2D eigenvalue weighted by molar-refractivity contribution is 7.92. The summed E-state index contributed by atoms with van der Waals surface area (Å²) in [5.74, 6) is 1.47. The van der Waals surface area contributed by atoms with Crippen molar-refractivity contribution in [2.45, 2.75) is 68.7 Å². The molecule has 1 N–H and O–H groups in total. The van der Waals surface area contributed by atoms with Crippen molar-refractivity contribution in [3.05, 3.63) is 59.0 Å². The fraction of sp³-hybridized carbons (Fsp3) is 0.440. The Morgan fingerprint density at radius 1 is 1.29 bits per heavy atom. The average Bonchev–Trinajstić information content (AvgIpc) is 3.16. The zero-order valence-corrected chi connectivity index (χ0v) is 21.2. The summed E-state index contributed by atoms with van der Waals surface area (Å²) in [6.45, 7) is 6.00. The number of aromatic nitrogens is 2. The first kappa shape index (κ1) is 23.1. The molecule has 1 saturated carbocycles. The van der Waals surface area contributed by atoms with Gasteiger partial charge in [-0.3, -0.25) is 0 Å². The summed E-state index contributed by atoms with van der Waals surface area (Å²) in [6, 6.07) is 10.2. The molecule has 180 valence electrons. The van der Waals surface area contributed by atoms with Crippen LogP contribution in [0.2, 0.25) is 0 Å². The quantitative estimate of drug-likeness (QED) is 0.476. The first-order valence-electron chi connectivity index (χ1n) is 11.6. The number of fused-ring (bicyclic) bond motifs is 1. The molecule has 0 unspecified atom stereocenters. The molecule has 3 aromatic rings. The van der Waals surface area contributed by atoms with Crippen LogP contribution in [0, 0.1) is 5.92 Å². The third-order valence-corrected chi connectivity index (χ3v) is 9.45. The molecule has 0 spiro atoms. The second-order valence-electron chi connectivity index (χ2n) is 9.88. The highest BCUT2D eigenvalue weighted by Crippen LogP contribution is 2.40. The van der Waals surface area contributed by atoms with E-state index in [0.717, 1.165) is 48.4 Å². The molecule has 1 aromatic carbocycles. The molecule has 0 radical (unpaired) electrons. The van der Waals surface area contributed by atoms with E-state index in [1.54, 1.807) is 6.92 Å². The van der Waals surface area contributed by atoms with Crippen LogP contribution in [0.15, 0.2) is 46.9 Å². The normalized spacial score (nSPS) is 18.6. The summed E-state index contributed by atoms with van der Waals surface area (Å²) in [4.78, 5) is 17.6. The first-order valence-corrected chi connectivity index (χ1v) is 13.9. The van der Waals surface area contributed by atoms with Gasteiger partial charge in [0.05, 0.1) is 6.04 Å². The molecular formula is C25H29N3O4S2. The molecule has 9 heteroatoms. The van der Waals surface area contributed by atoms with Gasteiger partial charge in [0.2, 0.25) is 0 Å². The summed E-state index contributed by atoms with van der Waals surface area (Å²) < 4.78 is 36.2. The van der Waals surface area contributed by atoms with Gasteiger partial charge < -0.3 is 9.30 Å². The summed E-state index contributed by atoms with van der Waals surface area (Å²) in [7, 11) is -4.07. The lowest BCUT2D eigenvalue weighted by Crippen LogP contribution is -2.33. The van der Waals surface area contributed by atoms with Crippen LogP contribution in [-0.2, 0) is 27.6 Å². The van der Waals surface area contributed by atoms with Gasteiger partial charge >= 0.3 is 6.09 Å². The van der Waals surface area contributed by atoms with Crippen molar-refractivity contribution in [2.24, 2.45) is 5.92 Å². The number of thiophene rings is 1. The van der Waals surface area contributed by atoms with Crippen LogP contribution in [0.25, 0.3) is 11.1 Å². The van der Waals surface area contributed by atoms with E-state index in [1.807, 2.05) is 30.6 Å². The highest BCUT2D eigenvalue weighted by atomic mass is 32.2. The van der Waals surface area contributed by atoms with Crippen molar-refractivity contribution in [1.29, 1.82) is 0 Å². The molecular weight excluding hydrogens is 470 g/mol. The molecule has 0 saturated heterocycles. The molecule has 0 bridgehead atoms. The van der Waals surface area contributed by atoms with E-state index < -0.39 is 21.7 Å². The molecule has 1 fully saturated rings. The number of sulfonamides is 1. The Hall–Kier alpha value is -2.65. The first-order chi connectivity index (χ1) is 16.1. The molecule has 7 nitrogen and oxygen atoms in total. The van der Waals surface area contributed by atoms with Gasteiger partial charge in [-0.25, -0.2) is 22.9 Å². The molecule has 1 atom stereocenters. The summed E-state index contributed by atoms with van der Waals surface area (Å²) in [5.41, 5.74) is 2.04. The van der Waals surface area contributed by atoms with E-state index in [2.05, 4.69) is 40.3 Å². The molecule has 34 heavy (non-hydrogen) atoms. The van der Waals surface area contributed by atoms with Crippen molar-refractivity contribution >= 4 is 27.5 Å². The Labute approximate surface area is 204 Å².